The van der Waals surface area contributed by atoms with Crippen molar-refractivity contribution in [3.63, 3.8) is 0 Å². The Morgan fingerprint density at radius 1 is 1.26 bits per heavy atom. The fourth-order valence-electron chi connectivity index (χ4n) is 2.00. The molecule has 98 valence electrons. The van der Waals surface area contributed by atoms with Crippen LogP contribution in [-0.2, 0) is 13.5 Å². The lowest BCUT2D eigenvalue weighted by atomic mass is 10.2. The molecule has 0 aliphatic heterocycles. The average molecular weight is 258 g/mol. The molecule has 0 bridgehead atoms. The molecule has 7 nitrogen and oxygen atoms in total. The van der Waals surface area contributed by atoms with E-state index in [4.69, 9.17) is 10.4 Å². The summed E-state index contributed by atoms with van der Waals surface area (Å²) in [6.07, 6.45) is 2.66. The summed E-state index contributed by atoms with van der Waals surface area (Å²) in [4.78, 5) is 0. The monoisotopic (exact) mass is 258 g/mol. The van der Waals surface area contributed by atoms with Gasteiger partial charge in [-0.3, -0.25) is 4.68 Å². The average Bonchev–Trinajstić information content (AvgIpc) is 3.02. The van der Waals surface area contributed by atoms with Gasteiger partial charge in [-0.05, 0) is 28.5 Å². The molecule has 0 atom stereocenters. The molecule has 2 heterocycles. The fraction of sp³-hybridized carbons (Fsp3) is 0.250. The van der Waals surface area contributed by atoms with Gasteiger partial charge in [-0.2, -0.15) is 5.10 Å². The van der Waals surface area contributed by atoms with Gasteiger partial charge in [-0.25, -0.2) is 4.63 Å². The van der Waals surface area contributed by atoms with Crippen LogP contribution in [0, 0.1) is 0 Å². The first-order valence-electron chi connectivity index (χ1n) is 5.97. The van der Waals surface area contributed by atoms with E-state index in [-0.39, 0.29) is 0 Å². The molecule has 2 aromatic heterocycles. The van der Waals surface area contributed by atoms with Gasteiger partial charge < -0.3 is 11.1 Å². The number of nitrogens with one attached hydrogen (secondary N) is 1. The summed E-state index contributed by atoms with van der Waals surface area (Å²) in [7, 11) is 1.93. The molecule has 1 aromatic carbocycles. The number of nitrogen functional groups attached to an aromatic ring is 1. The minimum atomic E-state index is 0.563. The molecule has 0 saturated carbocycles. The maximum absolute atomic E-state index is 5.79. The standard InChI is InChI=1S/C12H14N6O/c1-18-8(5-7-15-18)4-6-14-10-3-2-9(13)11-12(10)17-19-16-11/h2-3,5,7,14H,4,6,13H2,1H3. The Morgan fingerprint density at radius 2 is 2.11 bits per heavy atom. The molecule has 0 aliphatic rings. The molecule has 0 fully saturated rings. The Balaban J connectivity index is 1.74. The second kappa shape index (κ2) is 4.60. The van der Waals surface area contributed by atoms with E-state index >= 15 is 0 Å². The molecule has 0 spiro atoms. The van der Waals surface area contributed by atoms with Gasteiger partial charge in [0.2, 0.25) is 0 Å². The molecule has 3 N–H and O–H groups in total. The zero-order valence-corrected chi connectivity index (χ0v) is 10.5. The summed E-state index contributed by atoms with van der Waals surface area (Å²) in [5, 5.41) is 15.1. The number of benzene rings is 1. The third-order valence-corrected chi connectivity index (χ3v) is 3.07. The summed E-state index contributed by atoms with van der Waals surface area (Å²) < 4.78 is 6.58. The Hall–Kier alpha value is -2.57. The first-order valence-corrected chi connectivity index (χ1v) is 5.97. The van der Waals surface area contributed by atoms with Crippen LogP contribution in [0.1, 0.15) is 5.69 Å². The zero-order chi connectivity index (χ0) is 13.2. The molecule has 0 aliphatic carbocycles. The van der Waals surface area contributed by atoms with Crippen molar-refractivity contribution in [1.82, 2.24) is 20.1 Å². The normalized spacial score (nSPS) is 11.0. The van der Waals surface area contributed by atoms with Gasteiger partial charge in [0.25, 0.3) is 0 Å². The van der Waals surface area contributed by atoms with Crippen LogP contribution in [0.25, 0.3) is 11.0 Å². The van der Waals surface area contributed by atoms with E-state index in [1.54, 1.807) is 12.3 Å². The maximum atomic E-state index is 5.79. The summed E-state index contributed by atoms with van der Waals surface area (Å²) in [6.45, 7) is 0.769. The van der Waals surface area contributed by atoms with Crippen LogP contribution >= 0.6 is 0 Å². The Labute approximate surface area is 109 Å². The van der Waals surface area contributed by atoms with E-state index in [1.807, 2.05) is 23.9 Å². The summed E-state index contributed by atoms with van der Waals surface area (Å²) >= 11 is 0. The molecule has 0 saturated heterocycles. The fourth-order valence-corrected chi connectivity index (χ4v) is 2.00. The topological polar surface area (TPSA) is 94.8 Å². The van der Waals surface area contributed by atoms with Crippen molar-refractivity contribution in [3.05, 3.63) is 30.1 Å². The number of aryl methyl sites for hydroxylation is 1. The van der Waals surface area contributed by atoms with Gasteiger partial charge in [-0.1, -0.05) is 0 Å². The van der Waals surface area contributed by atoms with Crippen LogP contribution in [0.4, 0.5) is 11.4 Å². The van der Waals surface area contributed by atoms with Crippen molar-refractivity contribution in [2.45, 2.75) is 6.42 Å². The summed E-state index contributed by atoms with van der Waals surface area (Å²) in [6, 6.07) is 5.67. The Kier molecular flexibility index (Phi) is 2.79. The van der Waals surface area contributed by atoms with E-state index in [2.05, 4.69) is 20.7 Å². The van der Waals surface area contributed by atoms with Gasteiger partial charge in [0.1, 0.15) is 0 Å². The van der Waals surface area contributed by atoms with E-state index in [0.717, 1.165) is 24.3 Å². The van der Waals surface area contributed by atoms with Crippen molar-refractivity contribution < 1.29 is 4.63 Å². The van der Waals surface area contributed by atoms with E-state index in [0.29, 0.717) is 16.7 Å². The van der Waals surface area contributed by atoms with E-state index < -0.39 is 0 Å². The highest BCUT2D eigenvalue weighted by Gasteiger charge is 2.09. The first kappa shape index (κ1) is 11.5. The number of nitrogens with zero attached hydrogens (tertiary/aromatic N) is 4. The molecule has 0 radical (unpaired) electrons. The lowest BCUT2D eigenvalue weighted by Gasteiger charge is -2.07. The Bertz CT molecular complexity index is 701. The highest BCUT2D eigenvalue weighted by molar-refractivity contribution is 5.94. The number of aromatic nitrogens is 4. The smallest absolute Gasteiger partial charge is 0.160 e. The third-order valence-electron chi connectivity index (χ3n) is 3.07. The zero-order valence-electron chi connectivity index (χ0n) is 10.5. The lowest BCUT2D eigenvalue weighted by molar-refractivity contribution is 0.316. The number of rotatable bonds is 4. The molecule has 3 aromatic rings. The van der Waals surface area contributed by atoms with Crippen molar-refractivity contribution in [3.8, 4) is 0 Å². The number of anilines is 2. The number of hydrogen-bond donors (Lipinski definition) is 2. The van der Waals surface area contributed by atoms with Crippen molar-refractivity contribution in [2.24, 2.45) is 7.05 Å². The predicted molar refractivity (Wildman–Crippen MR) is 71.6 cm³/mol. The highest BCUT2D eigenvalue weighted by Crippen LogP contribution is 2.24. The lowest BCUT2D eigenvalue weighted by Crippen LogP contribution is -2.08. The van der Waals surface area contributed by atoms with Crippen LogP contribution in [-0.4, -0.2) is 26.6 Å². The van der Waals surface area contributed by atoms with Crippen LogP contribution in [0.2, 0.25) is 0 Å². The second-order valence-corrected chi connectivity index (χ2v) is 4.29. The van der Waals surface area contributed by atoms with Crippen LogP contribution < -0.4 is 11.1 Å². The molecule has 3 rings (SSSR count). The number of hydrogen-bond acceptors (Lipinski definition) is 6. The minimum Gasteiger partial charge on any atom is -0.397 e. The quantitative estimate of drug-likeness (QED) is 0.683. The molecule has 7 heteroatoms. The number of fused-ring (bicyclic) bond motifs is 1. The van der Waals surface area contributed by atoms with Crippen LogP contribution in [0.3, 0.4) is 0 Å². The van der Waals surface area contributed by atoms with Crippen LogP contribution in [0.15, 0.2) is 29.0 Å². The van der Waals surface area contributed by atoms with E-state index in [1.165, 1.54) is 0 Å². The van der Waals surface area contributed by atoms with Gasteiger partial charge in [0.05, 0.1) is 11.4 Å². The highest BCUT2D eigenvalue weighted by atomic mass is 16.6. The third kappa shape index (κ3) is 2.10. The summed E-state index contributed by atoms with van der Waals surface area (Å²) in [5.41, 5.74) is 9.64. The number of nitrogens with two attached hydrogens (primary N) is 1. The van der Waals surface area contributed by atoms with Crippen LogP contribution in [0.5, 0.6) is 0 Å². The van der Waals surface area contributed by atoms with Gasteiger partial charge >= 0.3 is 0 Å². The molecular formula is C12H14N6O. The second-order valence-electron chi connectivity index (χ2n) is 4.29. The minimum absolute atomic E-state index is 0.563. The first-order chi connectivity index (χ1) is 9.25. The molecule has 0 unspecified atom stereocenters. The maximum Gasteiger partial charge on any atom is 0.160 e. The van der Waals surface area contributed by atoms with Crippen molar-refractivity contribution in [1.29, 1.82) is 0 Å². The van der Waals surface area contributed by atoms with Gasteiger partial charge in [-0.15, -0.1) is 0 Å². The Morgan fingerprint density at radius 3 is 2.89 bits per heavy atom. The molecule has 0 amide bonds. The SMILES string of the molecule is Cn1nccc1CCNc1ccc(N)c2nonc12. The largest absolute Gasteiger partial charge is 0.397 e. The van der Waals surface area contributed by atoms with Gasteiger partial charge in [0.15, 0.2) is 11.0 Å². The van der Waals surface area contributed by atoms with Crippen molar-refractivity contribution >= 4 is 22.4 Å². The predicted octanol–water partition coefficient (Wildman–Crippen LogP) is 1.19. The van der Waals surface area contributed by atoms with E-state index in [9.17, 15) is 0 Å². The van der Waals surface area contributed by atoms with Crippen molar-refractivity contribution in [2.75, 3.05) is 17.6 Å². The molecular weight excluding hydrogens is 244 g/mol. The summed E-state index contributed by atoms with van der Waals surface area (Å²) in [5.74, 6) is 0. The molecule has 19 heavy (non-hydrogen) atoms. The van der Waals surface area contributed by atoms with Gasteiger partial charge in [0, 0.05) is 31.9 Å².